The summed E-state index contributed by atoms with van der Waals surface area (Å²) in [6, 6.07) is 14.6. The lowest BCUT2D eigenvalue weighted by molar-refractivity contribution is -0.141. The first-order valence-electron chi connectivity index (χ1n) is 10.5. The number of carbonyl (C=O) groups is 1. The molecule has 0 fully saturated rings. The minimum Gasteiger partial charge on any atom is -0.508 e. The van der Waals surface area contributed by atoms with Crippen LogP contribution in [0.25, 0.3) is 21.3 Å². The summed E-state index contributed by atoms with van der Waals surface area (Å²) < 4.78 is 5.07. The lowest BCUT2D eigenvalue weighted by atomic mass is 9.97. The van der Waals surface area contributed by atoms with Crippen LogP contribution in [-0.4, -0.2) is 34.2 Å². The number of aromatic nitrogens is 2. The Kier molecular flexibility index (Phi) is 6.37. The summed E-state index contributed by atoms with van der Waals surface area (Å²) in [5.74, 6) is 0.473. The van der Waals surface area contributed by atoms with Crippen LogP contribution in [0.15, 0.2) is 54.9 Å². The topological polar surface area (TPSA) is 84.3 Å². The van der Waals surface area contributed by atoms with E-state index >= 15 is 0 Å². The van der Waals surface area contributed by atoms with Crippen LogP contribution in [0.4, 0.5) is 5.82 Å². The van der Waals surface area contributed by atoms with E-state index < -0.39 is 6.04 Å². The number of thiophene rings is 1. The molecule has 4 aromatic rings. The number of rotatable bonds is 7. The third-order valence-electron chi connectivity index (χ3n) is 5.44. The molecule has 0 aliphatic heterocycles. The van der Waals surface area contributed by atoms with E-state index in [1.165, 1.54) is 18.3 Å². The molecule has 0 radical (unpaired) electrons. The standard InChI is InChI=1S/C25H25N3O3S/c1-4-20-21(18-11-10-17(29)12-15(18)2)22-23(26-14-27-24(22)32-20)28-19(25(30)31-3)13-16-8-6-5-7-9-16/h5-12,14,19,29H,4,13H2,1-3H3,(H,26,27,28)/t19-/m1/s1. The molecule has 4 rings (SSSR count). The first kappa shape index (κ1) is 21.8. The highest BCUT2D eigenvalue weighted by Crippen LogP contribution is 2.43. The highest BCUT2D eigenvalue weighted by molar-refractivity contribution is 7.19. The molecule has 0 bridgehead atoms. The van der Waals surface area contributed by atoms with Gasteiger partial charge >= 0.3 is 5.97 Å². The molecule has 0 unspecified atom stereocenters. The third kappa shape index (κ3) is 4.29. The molecule has 0 aliphatic carbocycles. The highest BCUT2D eigenvalue weighted by atomic mass is 32.1. The Hall–Kier alpha value is -3.45. The van der Waals surface area contributed by atoms with E-state index in [-0.39, 0.29) is 11.7 Å². The van der Waals surface area contributed by atoms with Gasteiger partial charge in [0.05, 0.1) is 12.5 Å². The molecule has 2 N–H and O–H groups in total. The summed E-state index contributed by atoms with van der Waals surface area (Å²) in [4.78, 5) is 23.7. The Balaban J connectivity index is 1.83. The maximum absolute atomic E-state index is 12.6. The molecule has 2 aromatic carbocycles. The summed E-state index contributed by atoms with van der Waals surface area (Å²) in [6.45, 7) is 4.08. The molecule has 32 heavy (non-hydrogen) atoms. The minimum atomic E-state index is -0.598. The number of aromatic hydroxyl groups is 1. The Labute approximate surface area is 190 Å². The molecule has 0 saturated heterocycles. The number of methoxy groups -OCH3 is 1. The number of aryl methyl sites for hydroxylation is 2. The molecule has 2 heterocycles. The fourth-order valence-electron chi connectivity index (χ4n) is 3.90. The van der Waals surface area contributed by atoms with Crippen molar-refractivity contribution in [2.24, 2.45) is 0 Å². The number of phenolic OH excluding ortho intramolecular Hbond substituents is 1. The van der Waals surface area contributed by atoms with Gasteiger partial charge in [-0.2, -0.15) is 0 Å². The summed E-state index contributed by atoms with van der Waals surface area (Å²) in [7, 11) is 1.39. The van der Waals surface area contributed by atoms with Crippen molar-refractivity contribution >= 4 is 33.3 Å². The minimum absolute atomic E-state index is 0.229. The molecule has 1 atom stereocenters. The van der Waals surface area contributed by atoms with Crippen LogP contribution < -0.4 is 5.32 Å². The second-order valence-electron chi connectivity index (χ2n) is 7.57. The normalized spacial score (nSPS) is 12.0. The number of nitrogens with one attached hydrogen (secondary N) is 1. The molecule has 0 spiro atoms. The first-order valence-corrected chi connectivity index (χ1v) is 11.3. The first-order chi connectivity index (χ1) is 15.5. The van der Waals surface area contributed by atoms with Crippen LogP contribution in [0, 0.1) is 6.92 Å². The molecule has 0 amide bonds. The van der Waals surface area contributed by atoms with E-state index in [0.29, 0.717) is 12.2 Å². The van der Waals surface area contributed by atoms with E-state index in [9.17, 15) is 9.90 Å². The third-order valence-corrected chi connectivity index (χ3v) is 6.68. The van der Waals surface area contributed by atoms with Gasteiger partial charge in [0.2, 0.25) is 0 Å². The number of hydrogen-bond donors (Lipinski definition) is 2. The van der Waals surface area contributed by atoms with E-state index in [4.69, 9.17) is 4.74 Å². The summed E-state index contributed by atoms with van der Waals surface area (Å²) >= 11 is 1.62. The Morgan fingerprint density at radius 2 is 1.97 bits per heavy atom. The lowest BCUT2D eigenvalue weighted by Gasteiger charge is -2.18. The fourth-order valence-corrected chi connectivity index (χ4v) is 4.99. The summed E-state index contributed by atoms with van der Waals surface area (Å²) in [6.07, 6.45) is 2.82. The molecule has 0 saturated carbocycles. The maximum atomic E-state index is 12.6. The van der Waals surface area contributed by atoms with Gasteiger partial charge in [-0.3, -0.25) is 0 Å². The molecule has 6 nitrogen and oxygen atoms in total. The Morgan fingerprint density at radius 3 is 2.66 bits per heavy atom. The molecule has 2 aromatic heterocycles. The van der Waals surface area contributed by atoms with Crippen LogP contribution in [-0.2, 0) is 22.4 Å². The average Bonchev–Trinajstić information content (AvgIpc) is 3.18. The van der Waals surface area contributed by atoms with Crippen LogP contribution in [0.2, 0.25) is 0 Å². The number of fused-ring (bicyclic) bond motifs is 1. The van der Waals surface area contributed by atoms with Gasteiger partial charge < -0.3 is 15.2 Å². The van der Waals surface area contributed by atoms with Crippen molar-refractivity contribution in [1.29, 1.82) is 0 Å². The monoisotopic (exact) mass is 447 g/mol. The summed E-state index contributed by atoms with van der Waals surface area (Å²) in [5.41, 5.74) is 4.04. The number of benzene rings is 2. The predicted molar refractivity (Wildman–Crippen MR) is 128 cm³/mol. The van der Waals surface area contributed by atoms with Gasteiger partial charge in [0.25, 0.3) is 0 Å². The van der Waals surface area contributed by atoms with Crippen LogP contribution in [0.1, 0.15) is 22.9 Å². The number of hydrogen-bond acceptors (Lipinski definition) is 7. The number of ether oxygens (including phenoxy) is 1. The van der Waals surface area contributed by atoms with Gasteiger partial charge in [-0.15, -0.1) is 11.3 Å². The van der Waals surface area contributed by atoms with Gasteiger partial charge in [-0.25, -0.2) is 14.8 Å². The van der Waals surface area contributed by atoms with Crippen LogP contribution in [0.3, 0.4) is 0 Å². The predicted octanol–water partition coefficient (Wildman–Crippen LogP) is 5.13. The quantitative estimate of drug-likeness (QED) is 0.382. The second kappa shape index (κ2) is 9.36. The Bertz CT molecular complexity index is 1250. The zero-order valence-electron chi connectivity index (χ0n) is 18.3. The number of nitrogens with zero attached hydrogens (tertiary/aromatic N) is 2. The van der Waals surface area contributed by atoms with Gasteiger partial charge in [0.1, 0.15) is 28.8 Å². The molecule has 7 heteroatoms. The van der Waals surface area contributed by atoms with Crippen LogP contribution in [0.5, 0.6) is 5.75 Å². The summed E-state index contributed by atoms with van der Waals surface area (Å²) in [5, 5.41) is 14.1. The fraction of sp³-hybridized carbons (Fsp3) is 0.240. The van der Waals surface area contributed by atoms with E-state index in [2.05, 4.69) is 22.2 Å². The van der Waals surface area contributed by atoms with Crippen molar-refractivity contribution in [1.82, 2.24) is 9.97 Å². The largest absolute Gasteiger partial charge is 0.508 e. The maximum Gasteiger partial charge on any atom is 0.328 e. The SMILES string of the molecule is CCc1sc2ncnc(N[C@H](Cc3ccccc3)C(=O)OC)c2c1-c1ccc(O)cc1C. The van der Waals surface area contributed by atoms with E-state index in [0.717, 1.165) is 38.9 Å². The van der Waals surface area contributed by atoms with Gasteiger partial charge in [-0.1, -0.05) is 43.3 Å². The zero-order valence-corrected chi connectivity index (χ0v) is 19.1. The Morgan fingerprint density at radius 1 is 1.19 bits per heavy atom. The van der Waals surface area contributed by atoms with Crippen molar-refractivity contribution in [3.05, 3.63) is 70.9 Å². The van der Waals surface area contributed by atoms with Gasteiger partial charge in [-0.05, 0) is 42.2 Å². The number of anilines is 1. The molecule has 164 valence electrons. The number of phenols is 1. The highest BCUT2D eigenvalue weighted by Gasteiger charge is 2.24. The van der Waals surface area contributed by atoms with E-state index in [1.807, 2.05) is 43.3 Å². The average molecular weight is 448 g/mol. The molecular weight excluding hydrogens is 422 g/mol. The second-order valence-corrected chi connectivity index (χ2v) is 8.65. The molecule has 0 aliphatic rings. The van der Waals surface area contributed by atoms with Crippen molar-refractivity contribution in [2.45, 2.75) is 32.7 Å². The van der Waals surface area contributed by atoms with Crippen molar-refractivity contribution in [3.8, 4) is 16.9 Å². The number of carbonyl (C=O) groups excluding carboxylic acids is 1. The zero-order chi connectivity index (χ0) is 22.7. The van der Waals surface area contributed by atoms with Crippen molar-refractivity contribution < 1.29 is 14.6 Å². The van der Waals surface area contributed by atoms with E-state index in [1.54, 1.807) is 23.5 Å². The van der Waals surface area contributed by atoms with Crippen molar-refractivity contribution in [3.63, 3.8) is 0 Å². The van der Waals surface area contributed by atoms with Gasteiger partial charge in [0.15, 0.2) is 0 Å². The van der Waals surface area contributed by atoms with Gasteiger partial charge in [0, 0.05) is 16.9 Å². The number of esters is 1. The lowest BCUT2D eigenvalue weighted by Crippen LogP contribution is -2.33. The molecular formula is C25H25N3O3S. The van der Waals surface area contributed by atoms with Crippen molar-refractivity contribution in [2.75, 3.05) is 12.4 Å². The smallest absolute Gasteiger partial charge is 0.328 e. The van der Waals surface area contributed by atoms with Crippen LogP contribution >= 0.6 is 11.3 Å².